The molecule has 1 aromatic carbocycles. The third-order valence-corrected chi connectivity index (χ3v) is 6.76. The highest BCUT2D eigenvalue weighted by molar-refractivity contribution is 6.30. The number of hydrazine groups is 1. The minimum absolute atomic E-state index is 0.132. The Labute approximate surface area is 220 Å². The van der Waals surface area contributed by atoms with Crippen LogP contribution >= 0.6 is 11.6 Å². The summed E-state index contributed by atoms with van der Waals surface area (Å²) < 4.78 is 0. The molecule has 1 unspecified atom stereocenters. The summed E-state index contributed by atoms with van der Waals surface area (Å²) in [6.07, 6.45) is 3.47. The third-order valence-electron chi connectivity index (χ3n) is 6.52. The number of rotatable bonds is 5. The van der Waals surface area contributed by atoms with Crippen molar-refractivity contribution in [2.75, 3.05) is 18.9 Å². The first kappa shape index (κ1) is 26.0. The summed E-state index contributed by atoms with van der Waals surface area (Å²) in [5.74, 6) is 10.7. The fourth-order valence-electron chi connectivity index (χ4n) is 4.91. The standard InChI is InChI=1S/C26H28ClN7O3/c1-3-6-21(35)33-14-5-4-7-19(33)26-32(2)22(23(24(28)36)34(26)29)16-8-10-17(11-9-16)25(37)31-20-15-18(27)12-13-30-20/h8-13,15,19,26H,4-5,7,14,29H2,1-2H3,(H2,28,36)(H,30,31,37)/t19-,26?/m0/s1. The summed E-state index contributed by atoms with van der Waals surface area (Å²) in [5.41, 5.74) is 7.44. The first-order valence-corrected chi connectivity index (χ1v) is 12.2. The van der Waals surface area contributed by atoms with Crippen LogP contribution in [0.15, 0.2) is 48.3 Å². The molecule has 0 spiro atoms. The number of aromatic nitrogens is 1. The number of amides is 3. The molecule has 0 radical (unpaired) electrons. The van der Waals surface area contributed by atoms with Crippen molar-refractivity contribution in [3.63, 3.8) is 0 Å². The SMILES string of the molecule is CC#CC(=O)N1CCCC[C@H]1C1N(C)C(c2ccc(C(=O)Nc3cc(Cl)ccn3)cc2)=C(C(N)=O)N1N. The quantitative estimate of drug-likeness (QED) is 0.404. The molecule has 37 heavy (non-hydrogen) atoms. The lowest BCUT2D eigenvalue weighted by Crippen LogP contribution is -2.59. The van der Waals surface area contributed by atoms with E-state index in [1.807, 2.05) is 11.9 Å². The largest absolute Gasteiger partial charge is 0.364 e. The average molecular weight is 522 g/mol. The fraction of sp³-hybridized carbons (Fsp3) is 0.308. The number of nitrogens with zero attached hydrogens (tertiary/aromatic N) is 4. The second-order valence-electron chi connectivity index (χ2n) is 8.82. The number of hydrogen-bond donors (Lipinski definition) is 3. The Balaban J connectivity index is 1.62. The topological polar surface area (TPSA) is 138 Å². The van der Waals surface area contributed by atoms with Crippen molar-refractivity contribution < 1.29 is 14.4 Å². The van der Waals surface area contributed by atoms with E-state index in [9.17, 15) is 14.4 Å². The Bertz CT molecular complexity index is 1320. The normalized spacial score (nSPS) is 19.4. The van der Waals surface area contributed by atoms with E-state index in [0.717, 1.165) is 12.8 Å². The number of benzene rings is 1. The Morgan fingerprint density at radius 1 is 1.16 bits per heavy atom. The van der Waals surface area contributed by atoms with E-state index < -0.39 is 12.1 Å². The summed E-state index contributed by atoms with van der Waals surface area (Å²) in [6, 6.07) is 9.58. The van der Waals surface area contributed by atoms with Crippen LogP contribution in [0.2, 0.25) is 5.02 Å². The first-order chi connectivity index (χ1) is 17.7. The first-order valence-electron chi connectivity index (χ1n) is 11.8. The zero-order valence-electron chi connectivity index (χ0n) is 20.6. The van der Waals surface area contributed by atoms with Gasteiger partial charge in [0.25, 0.3) is 17.7 Å². The van der Waals surface area contributed by atoms with Gasteiger partial charge >= 0.3 is 0 Å². The van der Waals surface area contributed by atoms with Gasteiger partial charge in [-0.05, 0) is 56.4 Å². The van der Waals surface area contributed by atoms with Crippen LogP contribution in [-0.2, 0) is 9.59 Å². The van der Waals surface area contributed by atoms with E-state index in [2.05, 4.69) is 22.1 Å². The van der Waals surface area contributed by atoms with Gasteiger partial charge in [-0.15, -0.1) is 0 Å². The average Bonchev–Trinajstić information content (AvgIpc) is 3.14. The summed E-state index contributed by atoms with van der Waals surface area (Å²) in [6.45, 7) is 2.18. The van der Waals surface area contributed by atoms with E-state index in [-0.39, 0.29) is 23.6 Å². The molecular weight excluding hydrogens is 494 g/mol. The zero-order valence-corrected chi connectivity index (χ0v) is 21.3. The molecule has 0 aliphatic carbocycles. The Morgan fingerprint density at radius 3 is 2.54 bits per heavy atom. The van der Waals surface area contributed by atoms with Crippen molar-refractivity contribution in [1.29, 1.82) is 0 Å². The van der Waals surface area contributed by atoms with Gasteiger partial charge in [-0.3, -0.25) is 19.4 Å². The molecule has 2 atom stereocenters. The maximum Gasteiger partial charge on any atom is 0.298 e. The van der Waals surface area contributed by atoms with Gasteiger partial charge in [-0.25, -0.2) is 10.8 Å². The van der Waals surface area contributed by atoms with Crippen molar-refractivity contribution in [1.82, 2.24) is 19.8 Å². The smallest absolute Gasteiger partial charge is 0.298 e. The van der Waals surface area contributed by atoms with Crippen LogP contribution in [0.5, 0.6) is 0 Å². The van der Waals surface area contributed by atoms with Crippen molar-refractivity contribution in [2.45, 2.75) is 38.4 Å². The van der Waals surface area contributed by atoms with Crippen LogP contribution in [0.25, 0.3) is 5.70 Å². The van der Waals surface area contributed by atoms with Crippen molar-refractivity contribution in [2.24, 2.45) is 11.6 Å². The zero-order chi connectivity index (χ0) is 26.7. The van der Waals surface area contributed by atoms with E-state index in [1.165, 1.54) is 11.2 Å². The Kier molecular flexibility index (Phi) is 7.66. The number of carbonyl (C=O) groups is 3. The van der Waals surface area contributed by atoms with Gasteiger partial charge in [0.2, 0.25) is 0 Å². The number of nitrogens with one attached hydrogen (secondary N) is 1. The van der Waals surface area contributed by atoms with Crippen molar-refractivity contribution in [3.8, 4) is 11.8 Å². The molecule has 1 aromatic heterocycles. The maximum absolute atomic E-state index is 12.7. The monoisotopic (exact) mass is 521 g/mol. The molecule has 4 rings (SSSR count). The van der Waals surface area contributed by atoms with Crippen LogP contribution in [0.1, 0.15) is 42.1 Å². The number of carbonyl (C=O) groups excluding carboxylic acids is 3. The van der Waals surface area contributed by atoms with E-state index in [1.54, 1.807) is 48.2 Å². The molecule has 3 heterocycles. The summed E-state index contributed by atoms with van der Waals surface area (Å²) in [7, 11) is 1.81. The van der Waals surface area contributed by atoms with Crippen LogP contribution in [0.4, 0.5) is 5.82 Å². The van der Waals surface area contributed by atoms with Crippen LogP contribution in [0.3, 0.4) is 0 Å². The lowest BCUT2D eigenvalue weighted by Gasteiger charge is -2.43. The van der Waals surface area contributed by atoms with Crippen molar-refractivity contribution in [3.05, 3.63) is 64.4 Å². The Morgan fingerprint density at radius 2 is 1.89 bits per heavy atom. The lowest BCUT2D eigenvalue weighted by molar-refractivity contribution is -0.131. The molecule has 2 aliphatic rings. The molecule has 0 bridgehead atoms. The molecular formula is C26H28ClN7O3. The van der Waals surface area contributed by atoms with Crippen molar-refractivity contribution >= 4 is 40.8 Å². The number of nitrogens with two attached hydrogens (primary N) is 2. The number of likely N-dealkylation sites (tertiary alicyclic amines) is 1. The van der Waals surface area contributed by atoms with Gasteiger partial charge in [0.05, 0.1) is 11.7 Å². The van der Waals surface area contributed by atoms with E-state index >= 15 is 0 Å². The van der Waals surface area contributed by atoms with Gasteiger partial charge in [0.15, 0.2) is 0 Å². The number of pyridine rings is 1. The molecule has 1 fully saturated rings. The maximum atomic E-state index is 12.7. The molecule has 11 heteroatoms. The highest BCUT2D eigenvalue weighted by Crippen LogP contribution is 2.37. The van der Waals surface area contributed by atoms with Crippen LogP contribution < -0.4 is 16.9 Å². The number of likely N-dealkylation sites (N-methyl/N-ethyl adjacent to an activating group) is 1. The molecule has 0 saturated carbocycles. The van der Waals surface area contributed by atoms with E-state index in [4.69, 9.17) is 23.2 Å². The molecule has 2 aliphatic heterocycles. The fourth-order valence-corrected chi connectivity index (χ4v) is 5.07. The summed E-state index contributed by atoms with van der Waals surface area (Å²) in [5, 5.41) is 4.50. The van der Waals surface area contributed by atoms with Crippen LogP contribution in [-0.4, -0.2) is 63.3 Å². The summed E-state index contributed by atoms with van der Waals surface area (Å²) in [4.78, 5) is 45.6. The predicted octanol–water partition coefficient (Wildman–Crippen LogP) is 1.99. The van der Waals surface area contributed by atoms with Gasteiger partial charge in [-0.2, -0.15) is 0 Å². The number of primary amides is 1. The van der Waals surface area contributed by atoms with Gasteiger partial charge in [0.1, 0.15) is 17.7 Å². The predicted molar refractivity (Wildman–Crippen MR) is 140 cm³/mol. The third kappa shape index (κ3) is 5.23. The minimum atomic E-state index is -0.692. The highest BCUT2D eigenvalue weighted by Gasteiger charge is 2.45. The minimum Gasteiger partial charge on any atom is -0.364 e. The molecule has 1 saturated heterocycles. The van der Waals surface area contributed by atoms with E-state index in [0.29, 0.717) is 40.6 Å². The van der Waals surface area contributed by atoms with Gasteiger partial charge in [-0.1, -0.05) is 29.7 Å². The van der Waals surface area contributed by atoms with Gasteiger partial charge in [0, 0.05) is 35.9 Å². The number of piperidine rings is 1. The molecule has 10 nitrogen and oxygen atoms in total. The second kappa shape index (κ2) is 10.9. The molecule has 2 aromatic rings. The number of halogens is 1. The number of hydrogen-bond acceptors (Lipinski definition) is 7. The highest BCUT2D eigenvalue weighted by atomic mass is 35.5. The number of anilines is 1. The van der Waals surface area contributed by atoms with Gasteiger partial charge < -0.3 is 20.9 Å². The summed E-state index contributed by atoms with van der Waals surface area (Å²) >= 11 is 5.96. The Hall–Kier alpha value is -4.07. The second-order valence-corrected chi connectivity index (χ2v) is 9.26. The van der Waals surface area contributed by atoms with Crippen LogP contribution in [0, 0.1) is 11.8 Å². The molecule has 192 valence electrons. The molecule has 3 amide bonds. The lowest BCUT2D eigenvalue weighted by atomic mass is 9.98. The molecule has 5 N–H and O–H groups in total.